The average molecular weight is 343 g/mol. The maximum absolute atomic E-state index is 12.3. The van der Waals surface area contributed by atoms with Gasteiger partial charge in [-0.3, -0.25) is 4.79 Å². The van der Waals surface area contributed by atoms with E-state index in [2.05, 4.69) is 42.9 Å². The molecular formula is C17H27ClN2OS. The molecule has 1 aromatic heterocycles. The molecule has 0 spiro atoms. The summed E-state index contributed by atoms with van der Waals surface area (Å²) >= 11 is 1.72. The van der Waals surface area contributed by atoms with Crippen LogP contribution in [0.2, 0.25) is 0 Å². The molecule has 0 saturated heterocycles. The summed E-state index contributed by atoms with van der Waals surface area (Å²) in [4.78, 5) is 13.6. The Balaban J connectivity index is 0.00000176. The number of carbonyl (C=O) groups excluding carboxylic acids is 1. The van der Waals surface area contributed by atoms with Crippen LogP contribution in [0.5, 0.6) is 0 Å². The summed E-state index contributed by atoms with van der Waals surface area (Å²) in [6.07, 6.45) is 3.89. The predicted molar refractivity (Wildman–Crippen MR) is 94.4 cm³/mol. The zero-order valence-electron chi connectivity index (χ0n) is 13.6. The second-order valence-electron chi connectivity index (χ2n) is 7.36. The van der Waals surface area contributed by atoms with Gasteiger partial charge in [-0.2, -0.15) is 0 Å². The minimum atomic E-state index is -0.0440. The first-order valence-corrected chi connectivity index (χ1v) is 8.85. The summed E-state index contributed by atoms with van der Waals surface area (Å²) < 4.78 is 0. The standard InChI is InChI=1S/C17H26N2OS.ClH/c1-16(2)12-6-7-13(9-12)17(16,3)19-15(20)11-18-10-14-5-4-8-21-14;/h4-5,8,12-13,18H,6-7,9-11H2,1-3H3,(H,19,20);1H. The van der Waals surface area contributed by atoms with Gasteiger partial charge in [-0.25, -0.2) is 0 Å². The van der Waals surface area contributed by atoms with Gasteiger partial charge in [0.1, 0.15) is 0 Å². The minimum Gasteiger partial charge on any atom is -0.349 e. The lowest BCUT2D eigenvalue weighted by atomic mass is 9.64. The number of thiophene rings is 1. The number of hydrogen-bond donors (Lipinski definition) is 2. The van der Waals surface area contributed by atoms with Crippen molar-refractivity contribution in [1.29, 1.82) is 0 Å². The van der Waals surface area contributed by atoms with Crippen molar-refractivity contribution in [3.63, 3.8) is 0 Å². The van der Waals surface area contributed by atoms with Crippen molar-refractivity contribution in [3.05, 3.63) is 22.4 Å². The van der Waals surface area contributed by atoms with Crippen LogP contribution in [-0.4, -0.2) is 18.0 Å². The molecule has 124 valence electrons. The van der Waals surface area contributed by atoms with E-state index in [9.17, 15) is 4.79 Å². The number of halogens is 1. The summed E-state index contributed by atoms with van der Waals surface area (Å²) in [5, 5.41) is 8.67. The molecule has 0 aromatic carbocycles. The van der Waals surface area contributed by atoms with E-state index >= 15 is 0 Å². The Labute approximate surface area is 143 Å². The van der Waals surface area contributed by atoms with Crippen LogP contribution < -0.4 is 10.6 Å². The van der Waals surface area contributed by atoms with Gasteiger partial charge in [0.25, 0.3) is 0 Å². The van der Waals surface area contributed by atoms with Crippen molar-refractivity contribution in [2.75, 3.05) is 6.54 Å². The van der Waals surface area contributed by atoms with E-state index < -0.39 is 0 Å². The number of carbonyl (C=O) groups is 1. The first-order valence-electron chi connectivity index (χ1n) is 7.97. The maximum Gasteiger partial charge on any atom is 0.234 e. The van der Waals surface area contributed by atoms with Crippen LogP contribution >= 0.6 is 23.7 Å². The van der Waals surface area contributed by atoms with Crippen LogP contribution in [0, 0.1) is 17.3 Å². The third-order valence-electron chi connectivity index (χ3n) is 6.17. The van der Waals surface area contributed by atoms with Crippen LogP contribution in [0.3, 0.4) is 0 Å². The summed E-state index contributed by atoms with van der Waals surface area (Å²) in [5.41, 5.74) is 0.164. The predicted octanol–water partition coefficient (Wildman–Crippen LogP) is 3.59. The molecule has 3 atom stereocenters. The Kier molecular flexibility index (Phi) is 5.25. The smallest absolute Gasteiger partial charge is 0.234 e. The fourth-order valence-electron chi connectivity index (χ4n) is 4.42. The normalized spacial score (nSPS) is 31.8. The van der Waals surface area contributed by atoms with Gasteiger partial charge in [0.2, 0.25) is 5.91 Å². The summed E-state index contributed by atoms with van der Waals surface area (Å²) in [6.45, 7) is 8.10. The highest BCUT2D eigenvalue weighted by molar-refractivity contribution is 7.09. The number of fused-ring (bicyclic) bond motifs is 2. The summed E-state index contributed by atoms with van der Waals surface area (Å²) in [5.74, 6) is 1.56. The Bertz CT molecular complexity index is 517. The Morgan fingerprint density at radius 1 is 1.32 bits per heavy atom. The zero-order valence-corrected chi connectivity index (χ0v) is 15.3. The molecule has 1 aromatic rings. The van der Waals surface area contributed by atoms with E-state index in [0.717, 1.165) is 12.5 Å². The van der Waals surface area contributed by atoms with E-state index in [0.29, 0.717) is 12.5 Å². The van der Waals surface area contributed by atoms with Crippen molar-refractivity contribution >= 4 is 29.7 Å². The molecule has 22 heavy (non-hydrogen) atoms. The highest BCUT2D eigenvalue weighted by atomic mass is 35.5. The first-order chi connectivity index (χ1) is 9.93. The summed E-state index contributed by atoms with van der Waals surface area (Å²) in [6, 6.07) is 4.14. The van der Waals surface area contributed by atoms with Gasteiger partial charge in [-0.15, -0.1) is 23.7 Å². The van der Waals surface area contributed by atoms with Gasteiger partial charge in [-0.05, 0) is 54.9 Å². The largest absolute Gasteiger partial charge is 0.349 e. The molecule has 3 rings (SSSR count). The third kappa shape index (κ3) is 2.93. The van der Waals surface area contributed by atoms with Crippen molar-refractivity contribution in [3.8, 4) is 0 Å². The van der Waals surface area contributed by atoms with Crippen molar-refractivity contribution in [2.24, 2.45) is 17.3 Å². The van der Waals surface area contributed by atoms with Crippen LogP contribution in [0.4, 0.5) is 0 Å². The number of nitrogens with one attached hydrogen (secondary N) is 2. The van der Waals surface area contributed by atoms with Gasteiger partial charge in [0.05, 0.1) is 6.54 Å². The second-order valence-corrected chi connectivity index (χ2v) is 8.39. The molecule has 2 saturated carbocycles. The van der Waals surface area contributed by atoms with Gasteiger partial charge < -0.3 is 10.6 Å². The lowest BCUT2D eigenvalue weighted by Gasteiger charge is -2.48. The Morgan fingerprint density at radius 2 is 2.05 bits per heavy atom. The molecule has 5 heteroatoms. The van der Waals surface area contributed by atoms with Crippen LogP contribution in [0.25, 0.3) is 0 Å². The lowest BCUT2D eigenvalue weighted by Crippen LogP contribution is -2.60. The zero-order chi connectivity index (χ0) is 15.1. The monoisotopic (exact) mass is 342 g/mol. The molecule has 2 N–H and O–H groups in total. The van der Waals surface area contributed by atoms with E-state index in [4.69, 9.17) is 0 Å². The third-order valence-corrected chi connectivity index (χ3v) is 7.05. The van der Waals surface area contributed by atoms with Gasteiger partial charge in [0.15, 0.2) is 0 Å². The minimum absolute atomic E-state index is 0. The molecule has 3 unspecified atom stereocenters. The molecule has 2 fully saturated rings. The van der Waals surface area contributed by atoms with E-state index in [1.165, 1.54) is 24.1 Å². The first kappa shape index (κ1) is 17.8. The fraction of sp³-hybridized carbons (Fsp3) is 0.706. The highest BCUT2D eigenvalue weighted by Crippen LogP contribution is 2.61. The molecule has 2 aliphatic rings. The van der Waals surface area contributed by atoms with Crippen molar-refractivity contribution in [2.45, 2.75) is 52.1 Å². The maximum atomic E-state index is 12.3. The molecule has 1 amide bonds. The highest BCUT2D eigenvalue weighted by Gasteiger charge is 2.60. The van der Waals surface area contributed by atoms with E-state index in [1.807, 2.05) is 6.07 Å². The van der Waals surface area contributed by atoms with Gasteiger partial charge in [-0.1, -0.05) is 19.9 Å². The van der Waals surface area contributed by atoms with Gasteiger partial charge >= 0.3 is 0 Å². The topological polar surface area (TPSA) is 41.1 Å². The van der Waals surface area contributed by atoms with Crippen molar-refractivity contribution in [1.82, 2.24) is 10.6 Å². The van der Waals surface area contributed by atoms with E-state index in [1.54, 1.807) is 11.3 Å². The molecule has 0 aliphatic heterocycles. The lowest BCUT2D eigenvalue weighted by molar-refractivity contribution is -0.124. The summed E-state index contributed by atoms with van der Waals surface area (Å²) in [7, 11) is 0. The molecule has 3 nitrogen and oxygen atoms in total. The van der Waals surface area contributed by atoms with Crippen LogP contribution in [0.15, 0.2) is 17.5 Å². The second kappa shape index (κ2) is 6.50. The van der Waals surface area contributed by atoms with Crippen LogP contribution in [0.1, 0.15) is 44.9 Å². The Morgan fingerprint density at radius 3 is 2.64 bits per heavy atom. The molecular weight excluding hydrogens is 316 g/mol. The average Bonchev–Trinajstić information content (AvgIpc) is 3.11. The van der Waals surface area contributed by atoms with Gasteiger partial charge in [0, 0.05) is 17.0 Å². The Hall–Kier alpha value is -0.580. The SMILES string of the molecule is CC1(C)C2CCC(C2)C1(C)NC(=O)CNCc1cccs1.Cl. The quantitative estimate of drug-likeness (QED) is 0.858. The number of hydrogen-bond acceptors (Lipinski definition) is 3. The number of rotatable bonds is 5. The number of amides is 1. The fourth-order valence-corrected chi connectivity index (χ4v) is 5.10. The molecule has 2 bridgehead atoms. The molecule has 2 aliphatic carbocycles. The molecule has 0 radical (unpaired) electrons. The van der Waals surface area contributed by atoms with Crippen LogP contribution in [-0.2, 0) is 11.3 Å². The van der Waals surface area contributed by atoms with Crippen molar-refractivity contribution < 1.29 is 4.79 Å². The molecule has 1 heterocycles. The van der Waals surface area contributed by atoms with E-state index in [-0.39, 0.29) is 29.3 Å².